The van der Waals surface area contributed by atoms with Gasteiger partial charge in [0.05, 0.1) is 40.1 Å². The third kappa shape index (κ3) is 9.50. The zero-order chi connectivity index (χ0) is 42.7. The highest BCUT2D eigenvalue weighted by atomic mass is 32.1. The quantitative estimate of drug-likeness (QED) is 0.161. The van der Waals surface area contributed by atoms with E-state index in [0.717, 1.165) is 11.8 Å². The van der Waals surface area contributed by atoms with Crippen LogP contribution in [0.2, 0.25) is 0 Å². The summed E-state index contributed by atoms with van der Waals surface area (Å²) in [5, 5.41) is 26.6. The Balaban J connectivity index is 1.53. The number of carbonyl (C=O) groups is 4. The lowest BCUT2D eigenvalue weighted by Gasteiger charge is -2.46. The normalized spacial score (nSPS) is 36.2. The molecule has 0 saturated carbocycles. The van der Waals surface area contributed by atoms with Crippen LogP contribution in [0.15, 0.2) is 24.8 Å². The Hall–Kier alpha value is -4.12. The monoisotopic (exact) mass is 830 g/mol. The number of esters is 1. The molecule has 18 heteroatoms. The van der Waals surface area contributed by atoms with Crippen LogP contribution in [-0.4, -0.2) is 134 Å². The number of amides is 1. The molecule has 0 spiro atoms. The number of allylic oxidation sites excluding steroid dienone is 1. The number of nitrogens with one attached hydrogen (secondary N) is 1. The van der Waals surface area contributed by atoms with E-state index in [1.807, 2.05) is 17.9 Å². The molecule has 0 aliphatic carbocycles. The van der Waals surface area contributed by atoms with Crippen LogP contribution in [0.4, 0.5) is 9.18 Å². The molecule has 3 aliphatic heterocycles. The summed E-state index contributed by atoms with van der Waals surface area (Å²) in [5.74, 6) is 1.82. The van der Waals surface area contributed by atoms with Crippen molar-refractivity contribution in [2.45, 2.75) is 140 Å². The number of thiophene rings is 1. The maximum atomic E-state index is 16.6. The predicted octanol–water partition coefficient (Wildman–Crippen LogP) is 3.65. The zero-order valence-electron chi connectivity index (χ0n) is 34.5. The Labute approximate surface area is 342 Å². The van der Waals surface area contributed by atoms with Crippen LogP contribution in [0.1, 0.15) is 79.0 Å². The minimum Gasteiger partial charge on any atom is -0.455 e. The van der Waals surface area contributed by atoms with Crippen molar-refractivity contribution in [1.82, 2.24) is 30.4 Å². The fourth-order valence-corrected chi connectivity index (χ4v) is 8.79. The predicted molar refractivity (Wildman–Crippen MR) is 209 cm³/mol. The van der Waals surface area contributed by atoms with Gasteiger partial charge < -0.3 is 39.0 Å². The molecular weight excluding hydrogens is 776 g/mol. The molecule has 3 fully saturated rings. The van der Waals surface area contributed by atoms with Gasteiger partial charge in [0, 0.05) is 24.3 Å². The number of hydrogen-bond donors (Lipinski definition) is 2. The van der Waals surface area contributed by atoms with E-state index in [1.165, 1.54) is 23.1 Å². The molecule has 12 atom stereocenters. The second-order valence-electron chi connectivity index (χ2n) is 16.1. The highest BCUT2D eigenvalue weighted by Gasteiger charge is 2.58. The summed E-state index contributed by atoms with van der Waals surface area (Å²) in [5.41, 5.74) is -6.35. The van der Waals surface area contributed by atoms with Gasteiger partial charge in [0.2, 0.25) is 5.82 Å². The number of halogens is 1. The molecule has 1 amide bonds. The van der Waals surface area contributed by atoms with Gasteiger partial charge in [0.1, 0.15) is 24.6 Å². The maximum absolute atomic E-state index is 16.6. The third-order valence-electron chi connectivity index (χ3n) is 11.4. The van der Waals surface area contributed by atoms with Gasteiger partial charge >= 0.3 is 12.1 Å². The van der Waals surface area contributed by atoms with Crippen molar-refractivity contribution in [2.75, 3.05) is 20.7 Å². The fraction of sp³-hybridized carbons (Fsp3) is 0.675. The first-order valence-corrected chi connectivity index (χ1v) is 20.3. The smallest absolute Gasteiger partial charge is 0.408 e. The largest absolute Gasteiger partial charge is 0.455 e. The number of alkyl carbamates (subject to hydrolysis) is 1. The van der Waals surface area contributed by atoms with Crippen molar-refractivity contribution in [3.05, 3.63) is 29.7 Å². The Morgan fingerprint density at radius 1 is 1.19 bits per heavy atom. The first-order valence-electron chi connectivity index (χ1n) is 19.5. The number of ketones is 2. The Morgan fingerprint density at radius 3 is 2.59 bits per heavy atom. The number of likely N-dealkylation sites (N-methyl/N-ethyl adjacent to an activating group) is 1. The number of hydrogen-bond acceptors (Lipinski definition) is 15. The lowest BCUT2D eigenvalue weighted by molar-refractivity contribution is -0.290. The number of rotatable bonds is 9. The summed E-state index contributed by atoms with van der Waals surface area (Å²) >= 11 is 1.34. The average molecular weight is 831 g/mol. The van der Waals surface area contributed by atoms with Crippen LogP contribution < -0.4 is 5.32 Å². The summed E-state index contributed by atoms with van der Waals surface area (Å²) < 4.78 is 47.0. The highest BCUT2D eigenvalue weighted by Crippen LogP contribution is 2.40. The number of carbonyl (C=O) groups excluding carboxylic acids is 4. The molecule has 2 N–H and O–H groups in total. The van der Waals surface area contributed by atoms with Crippen molar-refractivity contribution in [3.63, 3.8) is 0 Å². The van der Waals surface area contributed by atoms with Gasteiger partial charge in [-0.2, -0.15) is 4.80 Å². The highest BCUT2D eigenvalue weighted by molar-refractivity contribution is 7.15. The minimum atomic E-state index is -3.19. The van der Waals surface area contributed by atoms with E-state index in [-0.39, 0.29) is 31.3 Å². The lowest BCUT2D eigenvalue weighted by Crippen LogP contribution is -2.60. The molecule has 3 aliphatic rings. The maximum Gasteiger partial charge on any atom is 0.408 e. The third-order valence-corrected chi connectivity index (χ3v) is 12.4. The van der Waals surface area contributed by atoms with Crippen LogP contribution in [0.25, 0.3) is 10.7 Å². The molecule has 16 nitrogen and oxygen atoms in total. The molecule has 0 bridgehead atoms. The second-order valence-corrected chi connectivity index (χ2v) is 17.2. The van der Waals surface area contributed by atoms with E-state index < -0.39 is 89.7 Å². The van der Waals surface area contributed by atoms with E-state index in [1.54, 1.807) is 53.9 Å². The number of fused-ring (bicyclic) bond motifs is 1. The SMILES string of the molecule is C=CCn1nnc(-c2ccc(C#CCO[C@@]3(C)C[C@@H](C)C(=O)[C@H](C)C4NC(=O)OC4(C)[C@@H](CC)OC(=O)[C@@](C)(F)C(=O)C[C@H]3O[C@@H]3O[C@H](C)C[C@H](N(C)C)[C@H]3O)s2)n1. The molecule has 5 rings (SSSR count). The Morgan fingerprint density at radius 2 is 1.91 bits per heavy atom. The van der Waals surface area contributed by atoms with Gasteiger partial charge in [0.25, 0.3) is 5.67 Å². The molecule has 2 aromatic rings. The number of cyclic esters (lactones) is 1. The fourth-order valence-electron chi connectivity index (χ4n) is 7.98. The summed E-state index contributed by atoms with van der Waals surface area (Å²) in [6, 6.07) is 2.24. The number of alkyl halides is 1. The van der Waals surface area contributed by atoms with E-state index >= 15 is 4.39 Å². The van der Waals surface area contributed by atoms with Crippen LogP contribution in [-0.2, 0) is 44.6 Å². The minimum absolute atomic E-state index is 0.0796. The average Bonchev–Trinajstić information content (AvgIpc) is 3.91. The van der Waals surface area contributed by atoms with Gasteiger partial charge in [-0.05, 0) is 78.4 Å². The molecule has 3 saturated heterocycles. The van der Waals surface area contributed by atoms with Crippen LogP contribution in [0.3, 0.4) is 0 Å². The molecular formula is C40H55FN6O10S. The standard InChI is InChI=1S/C40H55FN6O10S/c1-11-17-47-44-34(43-45-47)27-16-15-25(58-27)14-13-18-53-38(6)21-22(3)31(49)24(5)33-40(8,57-37(52)42-33)29(12-2)56-36(51)39(7,41)28(48)20-30(38)55-35-32(50)26(46(9)10)19-23(4)54-35/h11,15-16,22-24,26,29-30,32-33,35,50H,1,12,17-21H2,2-10H3,(H,42,52)/t22-,23-,24+,26+,29-,30-,32-,33?,35+,38+,39+,40?/m1/s1. The van der Waals surface area contributed by atoms with Crippen molar-refractivity contribution in [2.24, 2.45) is 11.8 Å². The van der Waals surface area contributed by atoms with Gasteiger partial charge in [-0.3, -0.25) is 9.59 Å². The van der Waals surface area contributed by atoms with E-state index in [0.29, 0.717) is 23.7 Å². The molecule has 58 heavy (non-hydrogen) atoms. The van der Waals surface area contributed by atoms with Gasteiger partial charge in [-0.1, -0.05) is 38.7 Å². The first-order chi connectivity index (χ1) is 27.2. The number of aliphatic hydroxyl groups is 1. The lowest BCUT2D eigenvalue weighted by atomic mass is 9.75. The van der Waals surface area contributed by atoms with Crippen LogP contribution in [0, 0.1) is 23.7 Å². The number of ether oxygens (including phenoxy) is 5. The zero-order valence-corrected chi connectivity index (χ0v) is 35.3. The number of aliphatic hydroxyl groups excluding tert-OH is 1. The summed E-state index contributed by atoms with van der Waals surface area (Å²) in [7, 11) is 3.61. The Bertz CT molecular complexity index is 1910. The topological polar surface area (TPSA) is 194 Å². The molecule has 0 radical (unpaired) electrons. The molecule has 0 aromatic carbocycles. The van der Waals surface area contributed by atoms with Gasteiger partial charge in [-0.25, -0.2) is 14.0 Å². The van der Waals surface area contributed by atoms with Crippen LogP contribution >= 0.6 is 11.3 Å². The summed E-state index contributed by atoms with van der Waals surface area (Å²) in [4.78, 5) is 59.4. The molecule has 5 heterocycles. The Kier molecular flexibility index (Phi) is 14.0. The number of aromatic nitrogens is 4. The summed E-state index contributed by atoms with van der Waals surface area (Å²) in [6.45, 7) is 14.6. The summed E-state index contributed by atoms with van der Waals surface area (Å²) in [6.07, 6.45) is -4.91. The second kappa shape index (κ2) is 18.0. The van der Waals surface area contributed by atoms with Crippen LogP contribution in [0.5, 0.6) is 0 Å². The van der Waals surface area contributed by atoms with Crippen molar-refractivity contribution >= 4 is 35.0 Å². The van der Waals surface area contributed by atoms with Crippen molar-refractivity contribution < 1.29 is 52.4 Å². The number of nitrogens with zero attached hydrogens (tertiary/aromatic N) is 5. The molecule has 2 unspecified atom stereocenters. The number of tetrazole rings is 1. The van der Waals surface area contributed by atoms with E-state index in [9.17, 15) is 24.3 Å². The van der Waals surface area contributed by atoms with Gasteiger partial charge in [-0.15, -0.1) is 28.1 Å². The molecule has 318 valence electrons. The molecule has 2 aromatic heterocycles. The van der Waals surface area contributed by atoms with Crippen molar-refractivity contribution in [3.8, 4) is 22.5 Å². The first kappa shape index (κ1) is 45.0. The van der Waals surface area contributed by atoms with E-state index in [4.69, 9.17) is 23.7 Å². The van der Waals surface area contributed by atoms with E-state index in [2.05, 4.69) is 39.1 Å². The van der Waals surface area contributed by atoms with Crippen molar-refractivity contribution in [1.29, 1.82) is 0 Å². The van der Waals surface area contributed by atoms with Gasteiger partial charge in [0.15, 0.2) is 17.7 Å². The number of Topliss-reactive ketones (excluding diaryl/α,β-unsaturated/α-hetero) is 2.